The van der Waals surface area contributed by atoms with Crippen molar-refractivity contribution in [3.05, 3.63) is 135 Å². The van der Waals surface area contributed by atoms with E-state index in [1.54, 1.807) is 22.3 Å². The standard InChI is InChI=1S/C67H83BN2S/c1-40-54-53(39-48-55(40)66(15,16)34-33-65(48,13)14)71-60-59(54)70(50-31-26-43(62(5,6)7)36-46(50)41-22-20-19-21-23-41)52-38-44(63(8,9)10)37-51-57(52)68(60)49-30-29-47-56(67(17,18)35-32-64(47,11)12)58(49)69(51)45-27-24-42(25-28-45)61(2,3)4/h19-27,29-31,36-40,45,55H,28,32-35H2,1-18H3. The molecule has 4 aromatic carbocycles. The topological polar surface area (TPSA) is 6.48 Å². The minimum atomic E-state index is -0.104. The Morgan fingerprint density at radius 2 is 1.31 bits per heavy atom. The molecule has 0 bridgehead atoms. The molecule has 3 unspecified atom stereocenters. The van der Waals surface area contributed by atoms with E-state index in [0.717, 1.165) is 6.42 Å². The van der Waals surface area contributed by atoms with Crippen LogP contribution in [0, 0.1) is 22.2 Å². The maximum Gasteiger partial charge on any atom is 0.264 e. The van der Waals surface area contributed by atoms with Gasteiger partial charge in [0.1, 0.15) is 0 Å². The smallest absolute Gasteiger partial charge is 0.264 e. The summed E-state index contributed by atoms with van der Waals surface area (Å²) < 4.78 is 1.52. The van der Waals surface area contributed by atoms with Gasteiger partial charge < -0.3 is 9.80 Å². The molecule has 0 N–H and O–H groups in total. The van der Waals surface area contributed by atoms with Gasteiger partial charge in [0.2, 0.25) is 0 Å². The second-order valence-corrected chi connectivity index (χ2v) is 29.8. The second-order valence-electron chi connectivity index (χ2n) is 28.8. The van der Waals surface area contributed by atoms with E-state index in [2.05, 4.69) is 243 Å². The van der Waals surface area contributed by atoms with Crippen LogP contribution in [0.15, 0.2) is 102 Å². The average molecular weight is 959 g/mol. The predicted molar refractivity (Wildman–Crippen MR) is 312 cm³/mol. The van der Waals surface area contributed by atoms with Gasteiger partial charge in [0.05, 0.1) is 17.4 Å². The zero-order chi connectivity index (χ0) is 50.9. The van der Waals surface area contributed by atoms with Gasteiger partial charge in [0.25, 0.3) is 6.71 Å². The lowest BCUT2D eigenvalue weighted by atomic mass is 9.35. The molecular formula is C67H83BN2S. The Hall–Kier alpha value is -4.54. The zero-order valence-corrected chi connectivity index (χ0v) is 47.7. The third-order valence-corrected chi connectivity index (χ3v) is 20.1. The van der Waals surface area contributed by atoms with Crippen LogP contribution in [-0.2, 0) is 21.7 Å². The quantitative estimate of drug-likeness (QED) is 0.163. The van der Waals surface area contributed by atoms with Crippen molar-refractivity contribution in [2.45, 2.75) is 190 Å². The number of allylic oxidation sites excluding steroid dienone is 3. The summed E-state index contributed by atoms with van der Waals surface area (Å²) in [6.07, 6.45) is 16.2. The molecule has 1 aromatic heterocycles. The van der Waals surface area contributed by atoms with Gasteiger partial charge in [-0.05, 0) is 162 Å². The van der Waals surface area contributed by atoms with Crippen LogP contribution in [0.1, 0.15) is 195 Å². The molecule has 370 valence electrons. The van der Waals surface area contributed by atoms with Crippen molar-refractivity contribution >= 4 is 68.3 Å². The molecule has 71 heavy (non-hydrogen) atoms. The Bertz CT molecular complexity index is 3110. The van der Waals surface area contributed by atoms with Gasteiger partial charge in [-0.2, -0.15) is 0 Å². The van der Waals surface area contributed by atoms with Gasteiger partial charge in [-0.15, -0.1) is 11.3 Å². The second kappa shape index (κ2) is 15.7. The Morgan fingerprint density at radius 3 is 1.96 bits per heavy atom. The molecule has 6 aliphatic rings. The van der Waals surface area contributed by atoms with E-state index in [1.807, 2.05) is 0 Å². The van der Waals surface area contributed by atoms with E-state index in [0.29, 0.717) is 11.8 Å². The maximum absolute atomic E-state index is 2.90. The van der Waals surface area contributed by atoms with Crippen molar-refractivity contribution in [2.75, 3.05) is 9.80 Å². The van der Waals surface area contributed by atoms with Crippen molar-refractivity contribution in [1.29, 1.82) is 0 Å². The Kier molecular flexibility index (Phi) is 10.8. The van der Waals surface area contributed by atoms with Gasteiger partial charge in [-0.3, -0.25) is 0 Å². The molecular weight excluding hydrogens is 876 g/mol. The lowest BCUT2D eigenvalue weighted by Crippen LogP contribution is -2.63. The first-order valence-electron chi connectivity index (χ1n) is 27.4. The molecule has 1 fully saturated rings. The third kappa shape index (κ3) is 7.50. The first kappa shape index (κ1) is 48.7. The number of nitrogens with zero attached hydrogens (tertiary/aromatic N) is 2. The molecule has 0 radical (unpaired) electrons. The summed E-state index contributed by atoms with van der Waals surface area (Å²) in [4.78, 5) is 7.22. The van der Waals surface area contributed by atoms with E-state index in [4.69, 9.17) is 0 Å². The summed E-state index contributed by atoms with van der Waals surface area (Å²) in [5, 5.41) is 0. The summed E-state index contributed by atoms with van der Waals surface area (Å²) in [6, 6.07) is 29.5. The molecule has 0 saturated heterocycles. The number of benzene rings is 4. The molecule has 2 nitrogen and oxygen atoms in total. The normalized spacial score (nSPS) is 23.4. The van der Waals surface area contributed by atoms with Crippen LogP contribution in [0.5, 0.6) is 0 Å². The SMILES string of the molecule is CC1c2c(sc3c2N(c2ccc(C(C)(C)C)cc2-c2ccccc2)c2cc(C(C)(C)C)cc4c2B3c2ccc3c(c2N4C2C=CC(C(C)(C)C)=CC2)C(C)(C)CCC3(C)C)C=C2C1C(C)(C)CCC2(C)C. The molecule has 2 aliphatic heterocycles. The van der Waals surface area contributed by atoms with Gasteiger partial charge in [-0.1, -0.05) is 197 Å². The molecule has 1 saturated carbocycles. The number of fused-ring (bicyclic) bond motifs is 9. The molecule has 3 heterocycles. The zero-order valence-electron chi connectivity index (χ0n) is 46.9. The highest BCUT2D eigenvalue weighted by atomic mass is 32.1. The number of hydrogen-bond donors (Lipinski definition) is 0. The lowest BCUT2D eigenvalue weighted by Gasteiger charge is -2.53. The molecule has 5 aromatic rings. The Labute approximate surface area is 434 Å². The van der Waals surface area contributed by atoms with Gasteiger partial charge in [0, 0.05) is 32.3 Å². The number of hydrogen-bond acceptors (Lipinski definition) is 3. The van der Waals surface area contributed by atoms with E-state index in [-0.39, 0.29) is 50.7 Å². The van der Waals surface area contributed by atoms with E-state index in [1.165, 1.54) is 103 Å². The summed E-state index contributed by atoms with van der Waals surface area (Å²) >= 11 is 2.13. The summed E-state index contributed by atoms with van der Waals surface area (Å²) in [5.74, 6) is 0.810. The minimum absolute atomic E-state index is 0.00457. The van der Waals surface area contributed by atoms with Crippen molar-refractivity contribution in [2.24, 2.45) is 22.2 Å². The fourth-order valence-corrected chi connectivity index (χ4v) is 15.9. The lowest BCUT2D eigenvalue weighted by molar-refractivity contribution is 0.107. The van der Waals surface area contributed by atoms with Crippen molar-refractivity contribution in [3.8, 4) is 11.1 Å². The average Bonchev–Trinajstić information content (AvgIpc) is 3.68. The largest absolute Gasteiger partial charge is 0.335 e. The molecule has 11 rings (SSSR count). The van der Waals surface area contributed by atoms with Crippen molar-refractivity contribution in [3.63, 3.8) is 0 Å². The molecule has 0 spiro atoms. The Balaban J connectivity index is 1.30. The minimum Gasteiger partial charge on any atom is -0.335 e. The van der Waals surface area contributed by atoms with Crippen molar-refractivity contribution in [1.82, 2.24) is 0 Å². The fourth-order valence-electron chi connectivity index (χ4n) is 14.4. The highest BCUT2D eigenvalue weighted by molar-refractivity contribution is 7.29. The number of anilines is 5. The summed E-state index contributed by atoms with van der Waals surface area (Å²) in [7, 11) is 0. The monoisotopic (exact) mass is 959 g/mol. The highest BCUT2D eigenvalue weighted by Gasteiger charge is 2.54. The molecule has 4 aliphatic carbocycles. The highest BCUT2D eigenvalue weighted by Crippen LogP contribution is 2.63. The predicted octanol–water partition coefficient (Wildman–Crippen LogP) is 17.4. The maximum atomic E-state index is 2.90. The third-order valence-electron chi connectivity index (χ3n) is 18.9. The Morgan fingerprint density at radius 1 is 0.648 bits per heavy atom. The molecule has 0 amide bonds. The van der Waals surface area contributed by atoms with Crippen LogP contribution in [-0.4, -0.2) is 12.8 Å². The van der Waals surface area contributed by atoms with E-state index < -0.39 is 0 Å². The summed E-state index contributed by atoms with van der Waals surface area (Å²) in [6.45, 7) is 44.6. The molecule has 3 atom stereocenters. The van der Waals surface area contributed by atoms with Crippen molar-refractivity contribution < 1.29 is 0 Å². The van der Waals surface area contributed by atoms with Crippen LogP contribution in [0.2, 0.25) is 0 Å². The summed E-state index contributed by atoms with van der Waals surface area (Å²) in [5.41, 5.74) is 23.5. The van der Waals surface area contributed by atoms with E-state index in [9.17, 15) is 0 Å². The van der Waals surface area contributed by atoms with Gasteiger partial charge >= 0.3 is 0 Å². The van der Waals surface area contributed by atoms with Gasteiger partial charge in [0.15, 0.2) is 0 Å². The van der Waals surface area contributed by atoms with Crippen LogP contribution >= 0.6 is 11.3 Å². The van der Waals surface area contributed by atoms with Crippen LogP contribution in [0.4, 0.5) is 28.4 Å². The number of rotatable bonds is 3. The van der Waals surface area contributed by atoms with Gasteiger partial charge in [-0.25, -0.2) is 0 Å². The van der Waals surface area contributed by atoms with Crippen LogP contribution in [0.3, 0.4) is 0 Å². The van der Waals surface area contributed by atoms with Crippen LogP contribution < -0.4 is 25.5 Å². The first-order valence-corrected chi connectivity index (χ1v) is 28.3. The van der Waals surface area contributed by atoms with E-state index >= 15 is 0 Å². The first-order chi connectivity index (χ1) is 33.0. The fraction of sp³-hybridized carbons (Fsp3) is 0.493. The molecule has 4 heteroatoms. The van der Waals surface area contributed by atoms with Crippen LogP contribution in [0.25, 0.3) is 17.2 Å². The number of thiophene rings is 1.